The smallest absolute Gasteiger partial charge is 0.265 e. The van der Waals surface area contributed by atoms with Gasteiger partial charge in [0.05, 0.1) is 5.41 Å². The number of aliphatic imine (C=N–C) groups is 1. The zero-order valence-corrected chi connectivity index (χ0v) is 9.19. The van der Waals surface area contributed by atoms with Crippen molar-refractivity contribution < 1.29 is 9.59 Å². The van der Waals surface area contributed by atoms with Gasteiger partial charge < -0.3 is 11.1 Å². The third-order valence-corrected chi connectivity index (χ3v) is 3.32. The Hall–Kier alpha value is -1.65. The summed E-state index contributed by atoms with van der Waals surface area (Å²) in [7, 11) is 1.55. The molecule has 2 amide bonds. The maximum absolute atomic E-state index is 11.6. The van der Waals surface area contributed by atoms with Crippen LogP contribution in [-0.4, -0.2) is 24.6 Å². The lowest BCUT2D eigenvalue weighted by Gasteiger charge is -2.29. The number of nitrogens with one attached hydrogen (secondary N) is 1. The van der Waals surface area contributed by atoms with Gasteiger partial charge in [-0.3, -0.25) is 14.6 Å². The van der Waals surface area contributed by atoms with Gasteiger partial charge >= 0.3 is 0 Å². The first-order valence-electron chi connectivity index (χ1n) is 5.36. The minimum Gasteiger partial charge on any atom is -0.369 e. The van der Waals surface area contributed by atoms with Gasteiger partial charge in [0.2, 0.25) is 5.91 Å². The van der Waals surface area contributed by atoms with Crippen molar-refractivity contribution >= 4 is 17.5 Å². The third-order valence-electron chi connectivity index (χ3n) is 3.32. The Kier molecular flexibility index (Phi) is 2.53. The molecule has 1 heterocycles. The molecule has 1 saturated carbocycles. The molecule has 2 aliphatic rings. The lowest BCUT2D eigenvalue weighted by molar-refractivity contribution is -0.126. The van der Waals surface area contributed by atoms with E-state index in [1.54, 1.807) is 13.1 Å². The molecule has 0 aromatic heterocycles. The molecule has 86 valence electrons. The summed E-state index contributed by atoms with van der Waals surface area (Å²) < 4.78 is 0. The zero-order chi connectivity index (χ0) is 11.8. The van der Waals surface area contributed by atoms with Crippen LogP contribution < -0.4 is 11.1 Å². The Bertz CT molecular complexity index is 396. The molecule has 2 rings (SSSR count). The second kappa shape index (κ2) is 3.73. The molecule has 1 aliphatic heterocycles. The van der Waals surface area contributed by atoms with Gasteiger partial charge in [0.15, 0.2) is 0 Å². The quantitative estimate of drug-likeness (QED) is 0.701. The Morgan fingerprint density at radius 1 is 1.56 bits per heavy atom. The molecule has 3 N–H and O–H groups in total. The van der Waals surface area contributed by atoms with Crippen LogP contribution in [0.5, 0.6) is 0 Å². The molecule has 0 aromatic carbocycles. The maximum atomic E-state index is 11.6. The molecular weight excluding hydrogens is 206 g/mol. The summed E-state index contributed by atoms with van der Waals surface area (Å²) in [4.78, 5) is 27.1. The lowest BCUT2D eigenvalue weighted by Crippen LogP contribution is -2.43. The number of nitrogens with zero attached hydrogens (tertiary/aromatic N) is 1. The van der Waals surface area contributed by atoms with Crippen LogP contribution in [0, 0.1) is 11.3 Å². The second-order valence-electron chi connectivity index (χ2n) is 4.33. The number of hydrogen-bond donors (Lipinski definition) is 2. The van der Waals surface area contributed by atoms with Crippen LogP contribution in [0.3, 0.4) is 0 Å². The molecule has 5 heteroatoms. The first kappa shape index (κ1) is 10.9. The second-order valence-corrected chi connectivity index (χ2v) is 4.33. The summed E-state index contributed by atoms with van der Waals surface area (Å²) in [5, 5.41) is 2.51. The SMILES string of the molecule is CNC(=O)C1=NC=CC(C(N)=O)(C2CC2)C1. The average Bonchev–Trinajstić information content (AvgIpc) is 3.12. The summed E-state index contributed by atoms with van der Waals surface area (Å²) in [6.07, 6.45) is 5.59. The van der Waals surface area contributed by atoms with Gasteiger partial charge in [-0.25, -0.2) is 0 Å². The monoisotopic (exact) mass is 221 g/mol. The van der Waals surface area contributed by atoms with E-state index in [0.29, 0.717) is 12.1 Å². The van der Waals surface area contributed by atoms with Crippen LogP contribution in [0.15, 0.2) is 17.3 Å². The molecule has 1 aliphatic carbocycles. The van der Waals surface area contributed by atoms with Gasteiger partial charge in [-0.2, -0.15) is 0 Å². The van der Waals surface area contributed by atoms with E-state index in [1.165, 1.54) is 6.20 Å². The van der Waals surface area contributed by atoms with Gasteiger partial charge in [-0.05, 0) is 18.8 Å². The van der Waals surface area contributed by atoms with Crippen molar-refractivity contribution in [2.75, 3.05) is 7.05 Å². The molecule has 1 fully saturated rings. The number of rotatable bonds is 3. The zero-order valence-electron chi connectivity index (χ0n) is 9.19. The van der Waals surface area contributed by atoms with Crippen LogP contribution in [0.25, 0.3) is 0 Å². The molecule has 5 nitrogen and oxygen atoms in total. The number of amides is 2. The van der Waals surface area contributed by atoms with E-state index in [1.807, 2.05) is 0 Å². The molecule has 1 atom stereocenters. The van der Waals surface area contributed by atoms with Crippen LogP contribution in [0.2, 0.25) is 0 Å². The highest BCUT2D eigenvalue weighted by Gasteiger charge is 2.50. The van der Waals surface area contributed by atoms with Gasteiger partial charge in [0.25, 0.3) is 5.91 Å². The van der Waals surface area contributed by atoms with Crippen molar-refractivity contribution in [1.82, 2.24) is 5.32 Å². The average molecular weight is 221 g/mol. The number of carbonyl (C=O) groups is 2. The van der Waals surface area contributed by atoms with E-state index < -0.39 is 5.41 Å². The first-order valence-corrected chi connectivity index (χ1v) is 5.36. The van der Waals surface area contributed by atoms with Gasteiger partial charge in [-0.1, -0.05) is 6.08 Å². The minimum atomic E-state index is -0.691. The Labute approximate surface area is 93.8 Å². The van der Waals surface area contributed by atoms with Crippen molar-refractivity contribution in [3.05, 3.63) is 12.3 Å². The molecular formula is C11H15N3O2. The molecule has 0 bridgehead atoms. The normalized spacial score (nSPS) is 28.4. The predicted octanol–water partition coefficient (Wildman–Crippen LogP) is -0.0275. The number of carbonyl (C=O) groups excluding carboxylic acids is 2. The topological polar surface area (TPSA) is 84.6 Å². The fourth-order valence-electron chi connectivity index (χ4n) is 2.17. The summed E-state index contributed by atoms with van der Waals surface area (Å²) in [6, 6.07) is 0. The van der Waals surface area contributed by atoms with Crippen LogP contribution in [-0.2, 0) is 9.59 Å². The maximum Gasteiger partial charge on any atom is 0.265 e. The van der Waals surface area contributed by atoms with E-state index in [-0.39, 0.29) is 17.7 Å². The Morgan fingerprint density at radius 2 is 2.25 bits per heavy atom. The fourth-order valence-corrected chi connectivity index (χ4v) is 2.17. The number of primary amides is 1. The largest absolute Gasteiger partial charge is 0.369 e. The van der Waals surface area contributed by atoms with Crippen molar-refractivity contribution in [3.63, 3.8) is 0 Å². The summed E-state index contributed by atoms with van der Waals surface area (Å²) in [5.41, 5.74) is 5.16. The van der Waals surface area contributed by atoms with E-state index in [9.17, 15) is 9.59 Å². The summed E-state index contributed by atoms with van der Waals surface area (Å²) in [5.74, 6) is -0.324. The predicted molar refractivity (Wildman–Crippen MR) is 59.6 cm³/mol. The lowest BCUT2D eigenvalue weighted by atomic mass is 9.76. The van der Waals surface area contributed by atoms with Crippen LogP contribution in [0.1, 0.15) is 19.3 Å². The van der Waals surface area contributed by atoms with Crippen molar-refractivity contribution in [2.45, 2.75) is 19.3 Å². The molecule has 0 spiro atoms. The third kappa shape index (κ3) is 1.62. The Morgan fingerprint density at radius 3 is 2.75 bits per heavy atom. The Balaban J connectivity index is 2.26. The van der Waals surface area contributed by atoms with E-state index in [0.717, 1.165) is 12.8 Å². The van der Waals surface area contributed by atoms with Crippen molar-refractivity contribution in [1.29, 1.82) is 0 Å². The minimum absolute atomic E-state index is 0.240. The van der Waals surface area contributed by atoms with E-state index >= 15 is 0 Å². The number of hydrogen-bond acceptors (Lipinski definition) is 3. The van der Waals surface area contributed by atoms with Crippen LogP contribution in [0.4, 0.5) is 0 Å². The van der Waals surface area contributed by atoms with Gasteiger partial charge in [-0.15, -0.1) is 0 Å². The summed E-state index contributed by atoms with van der Waals surface area (Å²) >= 11 is 0. The molecule has 0 saturated heterocycles. The number of nitrogens with two attached hydrogens (primary N) is 1. The van der Waals surface area contributed by atoms with Gasteiger partial charge in [0.1, 0.15) is 5.71 Å². The van der Waals surface area contributed by atoms with E-state index in [2.05, 4.69) is 10.3 Å². The van der Waals surface area contributed by atoms with Crippen molar-refractivity contribution in [3.8, 4) is 0 Å². The van der Waals surface area contributed by atoms with Crippen LogP contribution >= 0.6 is 0 Å². The fraction of sp³-hybridized carbons (Fsp3) is 0.545. The highest BCUT2D eigenvalue weighted by Crippen LogP contribution is 2.49. The first-order chi connectivity index (χ1) is 7.60. The molecule has 0 aromatic rings. The highest BCUT2D eigenvalue weighted by atomic mass is 16.2. The standard InChI is InChI=1S/C11H15N3O2/c1-13-9(15)8-6-11(10(12)16,4-5-14-8)7-2-3-7/h4-5,7H,2-3,6H2,1H3,(H2,12,16)(H,13,15). The van der Waals surface area contributed by atoms with E-state index in [4.69, 9.17) is 5.73 Å². The van der Waals surface area contributed by atoms with Crippen molar-refractivity contribution in [2.24, 2.45) is 22.1 Å². The molecule has 1 unspecified atom stereocenters. The summed E-state index contributed by atoms with van der Waals surface area (Å²) in [6.45, 7) is 0. The highest BCUT2D eigenvalue weighted by molar-refractivity contribution is 6.39. The molecule has 16 heavy (non-hydrogen) atoms. The molecule has 0 radical (unpaired) electrons. The van der Waals surface area contributed by atoms with Gasteiger partial charge in [0, 0.05) is 19.7 Å².